The van der Waals surface area contributed by atoms with Crippen molar-refractivity contribution in [2.75, 3.05) is 20.3 Å². The van der Waals surface area contributed by atoms with Gasteiger partial charge in [0.25, 0.3) is 5.91 Å². The smallest absolute Gasteiger partial charge is 0.264 e. The molecule has 0 atom stereocenters. The molecule has 0 unspecified atom stereocenters. The number of hydrogen-bond acceptors (Lipinski definition) is 4. The van der Waals surface area contributed by atoms with Crippen LogP contribution in [0, 0.1) is 0 Å². The lowest BCUT2D eigenvalue weighted by molar-refractivity contribution is 0.0627. The number of nitrogens with zero attached hydrogens (tertiary/aromatic N) is 1. The molecule has 0 aliphatic carbocycles. The Morgan fingerprint density at radius 2 is 2.17 bits per heavy atom. The summed E-state index contributed by atoms with van der Waals surface area (Å²) >= 11 is 1.38. The first-order valence-electron chi connectivity index (χ1n) is 6.22. The molecule has 1 aromatic heterocycles. The maximum absolute atomic E-state index is 12.4. The van der Waals surface area contributed by atoms with Crippen molar-refractivity contribution >= 4 is 17.2 Å². The predicted molar refractivity (Wildman–Crippen MR) is 73.4 cm³/mol. The van der Waals surface area contributed by atoms with Crippen LogP contribution in [0.3, 0.4) is 0 Å². The molecule has 1 N–H and O–H groups in total. The molecule has 5 heteroatoms. The zero-order valence-corrected chi connectivity index (χ0v) is 12.0. The van der Waals surface area contributed by atoms with Crippen molar-refractivity contribution in [2.24, 2.45) is 0 Å². The Morgan fingerprint density at radius 1 is 1.50 bits per heavy atom. The molecule has 4 nitrogen and oxygen atoms in total. The first-order valence-corrected chi connectivity index (χ1v) is 7.10. The van der Waals surface area contributed by atoms with Gasteiger partial charge in [-0.2, -0.15) is 0 Å². The summed E-state index contributed by atoms with van der Waals surface area (Å²) in [5, 5.41) is 10.9. The zero-order chi connectivity index (χ0) is 13.5. The first kappa shape index (κ1) is 15.0. The molecule has 0 spiro atoms. The monoisotopic (exact) mass is 271 g/mol. The van der Waals surface area contributed by atoms with E-state index < -0.39 is 0 Å². The van der Waals surface area contributed by atoms with Crippen molar-refractivity contribution in [3.8, 4) is 5.75 Å². The highest BCUT2D eigenvalue weighted by Gasteiger charge is 2.23. The van der Waals surface area contributed by atoms with Gasteiger partial charge in [0.05, 0.1) is 18.6 Å². The number of amides is 1. The standard InChI is InChI=1S/C13H21NO3S/c1-4-10(5-2)14(6-7-15)13(16)12-8-11(17-3)9-18-12/h8-10,15H,4-7H2,1-3H3. The summed E-state index contributed by atoms with van der Waals surface area (Å²) in [4.78, 5) is 14.8. The summed E-state index contributed by atoms with van der Waals surface area (Å²) < 4.78 is 5.09. The van der Waals surface area contributed by atoms with Gasteiger partial charge in [0.1, 0.15) is 5.75 Å². The molecule has 1 amide bonds. The summed E-state index contributed by atoms with van der Waals surface area (Å²) in [6.07, 6.45) is 1.79. The molecule has 0 fully saturated rings. The fraction of sp³-hybridized carbons (Fsp3) is 0.615. The van der Waals surface area contributed by atoms with Gasteiger partial charge in [-0.1, -0.05) is 13.8 Å². The van der Waals surface area contributed by atoms with Gasteiger partial charge in [0.15, 0.2) is 0 Å². The quantitative estimate of drug-likeness (QED) is 0.828. The van der Waals surface area contributed by atoms with Crippen LogP contribution in [0.2, 0.25) is 0 Å². The highest BCUT2D eigenvalue weighted by atomic mass is 32.1. The summed E-state index contributed by atoms with van der Waals surface area (Å²) in [5.74, 6) is 0.683. The molecule has 0 bridgehead atoms. The third kappa shape index (κ3) is 3.46. The molecule has 102 valence electrons. The highest BCUT2D eigenvalue weighted by Crippen LogP contribution is 2.24. The SMILES string of the molecule is CCC(CC)N(CCO)C(=O)c1cc(OC)cs1. The molecule has 0 saturated carbocycles. The molecule has 1 rings (SSSR count). The second-order valence-electron chi connectivity index (χ2n) is 4.04. The zero-order valence-electron chi connectivity index (χ0n) is 11.2. The first-order chi connectivity index (χ1) is 8.67. The van der Waals surface area contributed by atoms with E-state index in [1.807, 2.05) is 5.38 Å². The number of carbonyl (C=O) groups excluding carboxylic acids is 1. The normalized spacial score (nSPS) is 10.7. The fourth-order valence-corrected chi connectivity index (χ4v) is 2.78. The lowest BCUT2D eigenvalue weighted by Crippen LogP contribution is -2.41. The predicted octanol–water partition coefficient (Wildman–Crippen LogP) is 2.38. The number of ether oxygens (including phenoxy) is 1. The van der Waals surface area contributed by atoms with Crippen LogP contribution >= 0.6 is 11.3 Å². The second-order valence-corrected chi connectivity index (χ2v) is 4.95. The lowest BCUT2D eigenvalue weighted by atomic mass is 10.1. The molecule has 0 radical (unpaired) electrons. The topological polar surface area (TPSA) is 49.8 Å². The van der Waals surface area contributed by atoms with E-state index in [9.17, 15) is 4.79 Å². The van der Waals surface area contributed by atoms with Crippen LogP contribution in [-0.2, 0) is 0 Å². The minimum atomic E-state index is -0.0222. The average Bonchev–Trinajstić information content (AvgIpc) is 2.87. The lowest BCUT2D eigenvalue weighted by Gasteiger charge is -2.29. The number of hydrogen-bond donors (Lipinski definition) is 1. The molecule has 1 aromatic rings. The van der Waals surface area contributed by atoms with Crippen LogP contribution < -0.4 is 4.74 Å². The van der Waals surface area contributed by atoms with Gasteiger partial charge in [-0.25, -0.2) is 0 Å². The van der Waals surface area contributed by atoms with E-state index in [4.69, 9.17) is 9.84 Å². The van der Waals surface area contributed by atoms with Gasteiger partial charge < -0.3 is 14.7 Å². The molecule has 0 aliphatic heterocycles. The average molecular weight is 271 g/mol. The minimum Gasteiger partial charge on any atom is -0.496 e. The highest BCUT2D eigenvalue weighted by molar-refractivity contribution is 7.12. The number of methoxy groups -OCH3 is 1. The molecule has 18 heavy (non-hydrogen) atoms. The maximum Gasteiger partial charge on any atom is 0.264 e. The van der Waals surface area contributed by atoms with E-state index in [-0.39, 0.29) is 18.6 Å². The van der Waals surface area contributed by atoms with Gasteiger partial charge in [-0.05, 0) is 12.8 Å². The van der Waals surface area contributed by atoms with Crippen LogP contribution in [0.15, 0.2) is 11.4 Å². The third-order valence-electron chi connectivity index (χ3n) is 3.01. The number of aliphatic hydroxyl groups is 1. The van der Waals surface area contributed by atoms with Crippen LogP contribution in [-0.4, -0.2) is 42.2 Å². The Morgan fingerprint density at radius 3 is 2.61 bits per heavy atom. The van der Waals surface area contributed by atoms with Gasteiger partial charge in [0.2, 0.25) is 0 Å². The van der Waals surface area contributed by atoms with Crippen molar-refractivity contribution in [1.29, 1.82) is 0 Å². The van der Waals surface area contributed by atoms with Crippen LogP contribution in [0.25, 0.3) is 0 Å². The van der Waals surface area contributed by atoms with E-state index in [1.165, 1.54) is 11.3 Å². The number of rotatable bonds is 7. The summed E-state index contributed by atoms with van der Waals surface area (Å²) in [5.41, 5.74) is 0. The van der Waals surface area contributed by atoms with Crippen LogP contribution in [0.5, 0.6) is 5.75 Å². The van der Waals surface area contributed by atoms with Crippen molar-refractivity contribution in [2.45, 2.75) is 32.7 Å². The van der Waals surface area contributed by atoms with Gasteiger partial charge in [-0.3, -0.25) is 4.79 Å². The Balaban J connectivity index is 2.87. The van der Waals surface area contributed by atoms with E-state index in [0.717, 1.165) is 12.8 Å². The Hall–Kier alpha value is -1.07. The molecular formula is C13H21NO3S. The van der Waals surface area contributed by atoms with Crippen LogP contribution in [0.1, 0.15) is 36.4 Å². The Kier molecular flexibility index (Phi) is 6.15. The maximum atomic E-state index is 12.4. The third-order valence-corrected chi connectivity index (χ3v) is 3.90. The Labute approximate surface area is 112 Å². The van der Waals surface area contributed by atoms with Crippen molar-refractivity contribution in [3.05, 3.63) is 16.3 Å². The van der Waals surface area contributed by atoms with E-state index in [0.29, 0.717) is 17.2 Å². The minimum absolute atomic E-state index is 0.00918. The number of carbonyl (C=O) groups is 1. The number of thiophene rings is 1. The molecule has 1 heterocycles. The van der Waals surface area contributed by atoms with E-state index in [2.05, 4.69) is 13.8 Å². The largest absolute Gasteiger partial charge is 0.496 e. The molecule has 0 aromatic carbocycles. The van der Waals surface area contributed by atoms with Gasteiger partial charge in [0, 0.05) is 24.0 Å². The summed E-state index contributed by atoms with van der Waals surface area (Å²) in [7, 11) is 1.59. The summed E-state index contributed by atoms with van der Waals surface area (Å²) in [6, 6.07) is 1.93. The summed E-state index contributed by atoms with van der Waals surface area (Å²) in [6.45, 7) is 4.48. The molecule has 0 saturated heterocycles. The van der Waals surface area contributed by atoms with Crippen molar-refractivity contribution in [3.63, 3.8) is 0 Å². The van der Waals surface area contributed by atoms with E-state index >= 15 is 0 Å². The molecular weight excluding hydrogens is 250 g/mol. The van der Waals surface area contributed by atoms with Crippen molar-refractivity contribution in [1.82, 2.24) is 4.90 Å². The van der Waals surface area contributed by atoms with E-state index in [1.54, 1.807) is 18.1 Å². The fourth-order valence-electron chi connectivity index (χ4n) is 1.97. The second kappa shape index (κ2) is 7.38. The number of aliphatic hydroxyl groups excluding tert-OH is 1. The molecule has 0 aliphatic rings. The Bertz CT molecular complexity index is 374. The van der Waals surface area contributed by atoms with Gasteiger partial charge >= 0.3 is 0 Å². The van der Waals surface area contributed by atoms with Crippen molar-refractivity contribution < 1.29 is 14.6 Å². The van der Waals surface area contributed by atoms with Gasteiger partial charge in [-0.15, -0.1) is 11.3 Å². The van der Waals surface area contributed by atoms with Crippen LogP contribution in [0.4, 0.5) is 0 Å².